The molecule has 0 saturated heterocycles. The molecule has 4 rings (SSSR count). The summed E-state index contributed by atoms with van der Waals surface area (Å²) in [4.78, 5) is 7.06. The number of para-hydroxylation sites is 1. The standard InChI is InChI=1S/C21H27N3O2/c1-24(18-9-3-2-4-10-18)21-17(8-6-12-23-21)14-22-13-16-7-5-11-19-20(16)26-15-25-19/h5-8,11-12,18,22H,2-4,9-10,13-15H2,1H3. The van der Waals surface area contributed by atoms with E-state index in [1.807, 2.05) is 24.4 Å². The number of pyridine rings is 1. The fraction of sp³-hybridized carbons (Fsp3) is 0.476. The van der Waals surface area contributed by atoms with Gasteiger partial charge in [0.1, 0.15) is 5.82 Å². The van der Waals surface area contributed by atoms with Crippen LogP contribution in [0.2, 0.25) is 0 Å². The zero-order valence-corrected chi connectivity index (χ0v) is 15.4. The molecule has 0 unspecified atom stereocenters. The summed E-state index contributed by atoms with van der Waals surface area (Å²) in [6, 6.07) is 10.8. The van der Waals surface area contributed by atoms with Gasteiger partial charge in [0.2, 0.25) is 6.79 Å². The van der Waals surface area contributed by atoms with Gasteiger partial charge in [-0.05, 0) is 25.0 Å². The topological polar surface area (TPSA) is 46.6 Å². The van der Waals surface area contributed by atoms with Crippen molar-refractivity contribution in [3.8, 4) is 11.5 Å². The predicted octanol–water partition coefficient (Wildman–Crippen LogP) is 3.87. The van der Waals surface area contributed by atoms with E-state index in [-0.39, 0.29) is 0 Å². The van der Waals surface area contributed by atoms with E-state index in [1.165, 1.54) is 37.7 Å². The number of anilines is 1. The first-order chi connectivity index (χ1) is 12.8. The molecule has 1 aromatic carbocycles. The van der Waals surface area contributed by atoms with Crippen LogP contribution in [0, 0.1) is 0 Å². The number of aromatic nitrogens is 1. The maximum Gasteiger partial charge on any atom is 0.231 e. The molecule has 2 aromatic rings. The minimum Gasteiger partial charge on any atom is -0.454 e. The highest BCUT2D eigenvalue weighted by Crippen LogP contribution is 2.35. The molecule has 5 heteroatoms. The Bertz CT molecular complexity index is 744. The summed E-state index contributed by atoms with van der Waals surface area (Å²) in [6.45, 7) is 1.84. The van der Waals surface area contributed by atoms with Gasteiger partial charge in [-0.15, -0.1) is 0 Å². The van der Waals surface area contributed by atoms with Crippen molar-refractivity contribution >= 4 is 5.82 Å². The molecular formula is C21H27N3O2. The third-order valence-electron chi connectivity index (χ3n) is 5.43. The van der Waals surface area contributed by atoms with E-state index < -0.39 is 0 Å². The molecule has 26 heavy (non-hydrogen) atoms. The molecule has 0 atom stereocenters. The quantitative estimate of drug-likeness (QED) is 0.854. The number of rotatable bonds is 6. The largest absolute Gasteiger partial charge is 0.454 e. The van der Waals surface area contributed by atoms with Crippen LogP contribution < -0.4 is 19.7 Å². The second-order valence-corrected chi connectivity index (χ2v) is 7.14. The first-order valence-corrected chi connectivity index (χ1v) is 9.58. The molecule has 0 spiro atoms. The number of hydrogen-bond donors (Lipinski definition) is 1. The minimum absolute atomic E-state index is 0.311. The fourth-order valence-electron chi connectivity index (χ4n) is 3.99. The molecule has 1 aliphatic carbocycles. The van der Waals surface area contributed by atoms with Crippen molar-refractivity contribution < 1.29 is 9.47 Å². The Morgan fingerprint density at radius 2 is 1.85 bits per heavy atom. The summed E-state index contributed by atoms with van der Waals surface area (Å²) in [5, 5.41) is 3.54. The van der Waals surface area contributed by atoms with E-state index in [9.17, 15) is 0 Å². The van der Waals surface area contributed by atoms with Gasteiger partial charge in [-0.1, -0.05) is 37.5 Å². The Labute approximate surface area is 155 Å². The van der Waals surface area contributed by atoms with Crippen LogP contribution in [0.1, 0.15) is 43.2 Å². The van der Waals surface area contributed by atoms with Gasteiger partial charge in [-0.2, -0.15) is 0 Å². The Morgan fingerprint density at radius 1 is 1.04 bits per heavy atom. The zero-order valence-electron chi connectivity index (χ0n) is 15.4. The number of hydrogen-bond acceptors (Lipinski definition) is 5. The molecule has 0 bridgehead atoms. The third kappa shape index (κ3) is 3.63. The average molecular weight is 353 g/mol. The Hall–Kier alpha value is -2.27. The Kier molecular flexibility index (Phi) is 5.25. The van der Waals surface area contributed by atoms with Gasteiger partial charge >= 0.3 is 0 Å². The highest BCUT2D eigenvalue weighted by molar-refractivity contribution is 5.49. The van der Waals surface area contributed by atoms with Crippen LogP contribution in [-0.4, -0.2) is 24.9 Å². The molecule has 1 aromatic heterocycles. The lowest BCUT2D eigenvalue weighted by Gasteiger charge is -2.33. The third-order valence-corrected chi connectivity index (χ3v) is 5.43. The van der Waals surface area contributed by atoms with Crippen molar-refractivity contribution in [1.82, 2.24) is 10.3 Å². The summed E-state index contributed by atoms with van der Waals surface area (Å²) in [5.74, 6) is 2.80. The van der Waals surface area contributed by atoms with E-state index in [0.29, 0.717) is 12.8 Å². The van der Waals surface area contributed by atoms with Gasteiger partial charge in [0.05, 0.1) is 0 Å². The van der Waals surface area contributed by atoms with Crippen LogP contribution in [0.4, 0.5) is 5.82 Å². The lowest BCUT2D eigenvalue weighted by molar-refractivity contribution is 0.173. The Balaban J connectivity index is 1.42. The number of benzene rings is 1. The lowest BCUT2D eigenvalue weighted by Crippen LogP contribution is -2.35. The van der Waals surface area contributed by atoms with E-state index in [4.69, 9.17) is 9.47 Å². The van der Waals surface area contributed by atoms with Crippen LogP contribution in [0.3, 0.4) is 0 Å². The van der Waals surface area contributed by atoms with Crippen LogP contribution in [0.5, 0.6) is 11.5 Å². The molecular weight excluding hydrogens is 326 g/mol. The van der Waals surface area contributed by atoms with E-state index in [1.54, 1.807) is 0 Å². The first kappa shape index (κ1) is 17.2. The summed E-state index contributed by atoms with van der Waals surface area (Å²) in [7, 11) is 2.19. The number of nitrogens with one attached hydrogen (secondary N) is 1. The summed E-state index contributed by atoms with van der Waals surface area (Å²) in [5.41, 5.74) is 2.37. The molecule has 0 radical (unpaired) electrons. The smallest absolute Gasteiger partial charge is 0.231 e. The van der Waals surface area contributed by atoms with Crippen LogP contribution >= 0.6 is 0 Å². The first-order valence-electron chi connectivity index (χ1n) is 9.58. The van der Waals surface area contributed by atoms with Gasteiger partial charge in [0.15, 0.2) is 11.5 Å². The van der Waals surface area contributed by atoms with Crippen molar-refractivity contribution in [2.45, 2.75) is 51.2 Å². The fourth-order valence-corrected chi connectivity index (χ4v) is 3.99. The summed E-state index contributed by atoms with van der Waals surface area (Å²) >= 11 is 0. The van der Waals surface area contributed by atoms with E-state index in [0.717, 1.165) is 36.0 Å². The van der Waals surface area contributed by atoms with Crippen LogP contribution in [0.25, 0.3) is 0 Å². The molecule has 0 amide bonds. The van der Waals surface area contributed by atoms with Crippen molar-refractivity contribution in [3.05, 3.63) is 47.7 Å². The van der Waals surface area contributed by atoms with Gasteiger partial charge in [0.25, 0.3) is 0 Å². The zero-order chi connectivity index (χ0) is 17.8. The SMILES string of the molecule is CN(c1ncccc1CNCc1cccc2c1OCO2)C1CCCCC1. The molecule has 2 heterocycles. The number of nitrogens with zero attached hydrogens (tertiary/aromatic N) is 2. The van der Waals surface area contributed by atoms with Crippen molar-refractivity contribution in [3.63, 3.8) is 0 Å². The van der Waals surface area contributed by atoms with Gasteiger partial charge in [-0.3, -0.25) is 0 Å². The maximum atomic E-state index is 5.59. The molecule has 5 nitrogen and oxygen atoms in total. The molecule has 2 aliphatic rings. The minimum atomic E-state index is 0.311. The average Bonchev–Trinajstić information content (AvgIpc) is 3.18. The molecule has 1 fully saturated rings. The Morgan fingerprint density at radius 3 is 2.73 bits per heavy atom. The van der Waals surface area contributed by atoms with Crippen LogP contribution in [0.15, 0.2) is 36.5 Å². The van der Waals surface area contributed by atoms with Gasteiger partial charge in [0, 0.05) is 43.5 Å². The summed E-state index contributed by atoms with van der Waals surface area (Å²) in [6.07, 6.45) is 8.47. The molecule has 1 saturated carbocycles. The second-order valence-electron chi connectivity index (χ2n) is 7.14. The van der Waals surface area contributed by atoms with Gasteiger partial charge in [-0.25, -0.2) is 4.98 Å². The highest BCUT2D eigenvalue weighted by atomic mass is 16.7. The predicted molar refractivity (Wildman–Crippen MR) is 103 cm³/mol. The normalized spacial score (nSPS) is 16.7. The van der Waals surface area contributed by atoms with Crippen molar-refractivity contribution in [2.75, 3.05) is 18.7 Å². The maximum absolute atomic E-state index is 5.59. The van der Waals surface area contributed by atoms with E-state index >= 15 is 0 Å². The highest BCUT2D eigenvalue weighted by Gasteiger charge is 2.21. The molecule has 1 aliphatic heterocycles. The van der Waals surface area contributed by atoms with Gasteiger partial charge < -0.3 is 19.7 Å². The summed E-state index contributed by atoms with van der Waals surface area (Å²) < 4.78 is 11.0. The second kappa shape index (κ2) is 7.96. The van der Waals surface area contributed by atoms with Crippen LogP contribution in [-0.2, 0) is 13.1 Å². The lowest BCUT2D eigenvalue weighted by atomic mass is 9.94. The number of fused-ring (bicyclic) bond motifs is 1. The molecule has 1 N–H and O–H groups in total. The molecule has 138 valence electrons. The number of ether oxygens (including phenoxy) is 2. The monoisotopic (exact) mass is 353 g/mol. The van der Waals surface area contributed by atoms with E-state index in [2.05, 4.69) is 34.4 Å². The van der Waals surface area contributed by atoms with Crippen molar-refractivity contribution in [1.29, 1.82) is 0 Å². The van der Waals surface area contributed by atoms with Crippen molar-refractivity contribution in [2.24, 2.45) is 0 Å².